The number of hydrogen-bond acceptors (Lipinski definition) is 3. The molecule has 1 aliphatic rings. The van der Waals surface area contributed by atoms with Crippen molar-refractivity contribution in [1.29, 1.82) is 0 Å². The summed E-state index contributed by atoms with van der Waals surface area (Å²) in [6, 6.07) is 16.2. The molecule has 0 amide bonds. The van der Waals surface area contributed by atoms with Gasteiger partial charge in [-0.05, 0) is 41.0 Å². The van der Waals surface area contributed by atoms with Crippen molar-refractivity contribution in [3.8, 4) is 11.1 Å². The minimum absolute atomic E-state index is 0.207. The monoisotopic (exact) mass is 352 g/mol. The third-order valence-electron chi connectivity index (χ3n) is 5.18. The summed E-state index contributed by atoms with van der Waals surface area (Å²) in [5.41, 5.74) is 3.28. The molecule has 0 bridgehead atoms. The molecule has 26 heavy (non-hydrogen) atoms. The molecule has 3 nitrogen and oxygen atoms in total. The van der Waals surface area contributed by atoms with Crippen LogP contribution in [0.3, 0.4) is 0 Å². The fourth-order valence-corrected chi connectivity index (χ4v) is 3.92. The number of rotatable bonds is 8. The topological polar surface area (TPSA) is 35.5 Å². The largest absolute Gasteiger partial charge is 0.465 e. The van der Waals surface area contributed by atoms with Crippen LogP contribution in [-0.4, -0.2) is 26.3 Å². The van der Waals surface area contributed by atoms with Crippen LogP contribution >= 0.6 is 0 Å². The number of benzene rings is 2. The normalized spacial score (nSPS) is 14.2. The van der Waals surface area contributed by atoms with Crippen molar-refractivity contribution >= 4 is 5.97 Å². The number of unbranched alkanes of at least 4 members (excludes halogenated alkanes) is 1. The van der Waals surface area contributed by atoms with Crippen LogP contribution in [0.25, 0.3) is 11.1 Å². The highest BCUT2D eigenvalue weighted by atomic mass is 16.5. The number of fused-ring (bicyclic) bond motifs is 3. The molecule has 0 spiro atoms. The van der Waals surface area contributed by atoms with Gasteiger partial charge in [0.2, 0.25) is 0 Å². The van der Waals surface area contributed by atoms with Gasteiger partial charge in [-0.3, -0.25) is 4.79 Å². The average molecular weight is 352 g/mol. The molecule has 0 saturated heterocycles. The van der Waals surface area contributed by atoms with Gasteiger partial charge < -0.3 is 9.47 Å². The van der Waals surface area contributed by atoms with Gasteiger partial charge in [-0.2, -0.15) is 0 Å². The van der Waals surface area contributed by atoms with E-state index in [2.05, 4.69) is 26.0 Å². The van der Waals surface area contributed by atoms with Crippen LogP contribution in [0, 0.1) is 5.92 Å². The molecule has 0 fully saturated rings. The SMILES string of the molecule is COCC1(C(=O)OCCCCC(C)C)c2ccccc2-c2ccccc21. The van der Waals surface area contributed by atoms with Crippen LogP contribution in [0.15, 0.2) is 48.5 Å². The van der Waals surface area contributed by atoms with Gasteiger partial charge in [-0.1, -0.05) is 68.8 Å². The first-order chi connectivity index (χ1) is 12.6. The van der Waals surface area contributed by atoms with Crippen molar-refractivity contribution in [2.24, 2.45) is 5.92 Å². The van der Waals surface area contributed by atoms with Gasteiger partial charge in [0.1, 0.15) is 5.41 Å². The minimum Gasteiger partial charge on any atom is -0.465 e. The first-order valence-electron chi connectivity index (χ1n) is 9.47. The Hall–Kier alpha value is -2.13. The molecule has 0 N–H and O–H groups in total. The molecule has 0 heterocycles. The van der Waals surface area contributed by atoms with Crippen molar-refractivity contribution in [3.05, 3.63) is 59.7 Å². The van der Waals surface area contributed by atoms with Crippen molar-refractivity contribution in [3.63, 3.8) is 0 Å². The number of hydrogen-bond donors (Lipinski definition) is 0. The van der Waals surface area contributed by atoms with Gasteiger partial charge in [0, 0.05) is 7.11 Å². The third kappa shape index (κ3) is 3.28. The van der Waals surface area contributed by atoms with Gasteiger partial charge in [0.25, 0.3) is 0 Å². The smallest absolute Gasteiger partial charge is 0.323 e. The predicted octanol–water partition coefficient (Wildman–Crippen LogP) is 4.97. The van der Waals surface area contributed by atoms with E-state index in [1.807, 2.05) is 36.4 Å². The maximum atomic E-state index is 13.3. The first kappa shape index (κ1) is 18.7. The molecule has 3 rings (SSSR count). The minimum atomic E-state index is -0.875. The molecule has 3 heteroatoms. The number of methoxy groups -OCH3 is 1. The van der Waals surface area contributed by atoms with Crippen LogP contribution in [0.1, 0.15) is 44.2 Å². The molecule has 0 unspecified atom stereocenters. The van der Waals surface area contributed by atoms with E-state index < -0.39 is 5.41 Å². The Morgan fingerprint density at radius 3 is 2.08 bits per heavy atom. The summed E-state index contributed by atoms with van der Waals surface area (Å²) in [5, 5.41) is 0. The van der Waals surface area contributed by atoms with E-state index in [-0.39, 0.29) is 12.6 Å². The summed E-state index contributed by atoms with van der Waals surface area (Å²) in [6.45, 7) is 5.17. The number of carbonyl (C=O) groups excluding carboxylic acids is 1. The Balaban J connectivity index is 1.89. The standard InChI is InChI=1S/C23H28O3/c1-17(2)10-8-9-15-26-22(24)23(16-25-3)20-13-6-4-11-18(20)19-12-5-7-14-21(19)23/h4-7,11-14,17H,8-10,15-16H2,1-3H3. The zero-order chi connectivity index (χ0) is 18.6. The Labute approximate surface area is 156 Å². The molecular formula is C23H28O3. The fourth-order valence-electron chi connectivity index (χ4n) is 3.92. The van der Waals surface area contributed by atoms with E-state index in [9.17, 15) is 4.79 Å². The summed E-state index contributed by atoms with van der Waals surface area (Å²) < 4.78 is 11.3. The predicted molar refractivity (Wildman–Crippen MR) is 104 cm³/mol. The van der Waals surface area contributed by atoms with Gasteiger partial charge in [0.15, 0.2) is 0 Å². The van der Waals surface area contributed by atoms with Crippen molar-refractivity contribution in [2.75, 3.05) is 20.3 Å². The van der Waals surface area contributed by atoms with E-state index >= 15 is 0 Å². The highest BCUT2D eigenvalue weighted by Crippen LogP contribution is 2.49. The van der Waals surface area contributed by atoms with Gasteiger partial charge in [0.05, 0.1) is 13.2 Å². The summed E-state index contributed by atoms with van der Waals surface area (Å²) in [7, 11) is 1.64. The molecule has 0 radical (unpaired) electrons. The van der Waals surface area contributed by atoms with E-state index in [0.29, 0.717) is 12.5 Å². The lowest BCUT2D eigenvalue weighted by Gasteiger charge is -2.29. The molecule has 0 aliphatic heterocycles. The second kappa shape index (κ2) is 8.05. The van der Waals surface area contributed by atoms with E-state index in [4.69, 9.17) is 9.47 Å². The van der Waals surface area contributed by atoms with Crippen molar-refractivity contribution in [1.82, 2.24) is 0 Å². The number of esters is 1. The first-order valence-corrected chi connectivity index (χ1v) is 9.47. The zero-order valence-electron chi connectivity index (χ0n) is 16.0. The number of carbonyl (C=O) groups is 1. The Kier molecular flexibility index (Phi) is 5.77. The summed E-state index contributed by atoms with van der Waals surface area (Å²) >= 11 is 0. The highest BCUT2D eigenvalue weighted by Gasteiger charge is 2.50. The maximum Gasteiger partial charge on any atom is 0.323 e. The Morgan fingerprint density at radius 1 is 0.962 bits per heavy atom. The van der Waals surface area contributed by atoms with Gasteiger partial charge >= 0.3 is 5.97 Å². The molecule has 0 saturated carbocycles. The molecular weight excluding hydrogens is 324 g/mol. The summed E-state index contributed by atoms with van der Waals surface area (Å²) in [6.07, 6.45) is 3.14. The maximum absolute atomic E-state index is 13.3. The Bertz CT molecular complexity index is 718. The summed E-state index contributed by atoms with van der Waals surface area (Å²) in [4.78, 5) is 13.3. The number of ether oxygens (including phenoxy) is 2. The second-order valence-electron chi connectivity index (χ2n) is 7.46. The van der Waals surface area contributed by atoms with Crippen molar-refractivity contribution < 1.29 is 14.3 Å². The molecule has 2 aromatic rings. The lowest BCUT2D eigenvalue weighted by atomic mass is 9.79. The van der Waals surface area contributed by atoms with Crippen LogP contribution in [0.5, 0.6) is 0 Å². The molecule has 1 aliphatic carbocycles. The zero-order valence-corrected chi connectivity index (χ0v) is 16.0. The average Bonchev–Trinajstić information content (AvgIpc) is 2.93. The van der Waals surface area contributed by atoms with E-state index in [1.165, 1.54) is 0 Å². The van der Waals surface area contributed by atoms with Crippen LogP contribution < -0.4 is 0 Å². The lowest BCUT2D eigenvalue weighted by molar-refractivity contribution is -0.151. The molecule has 0 aromatic heterocycles. The van der Waals surface area contributed by atoms with E-state index in [0.717, 1.165) is 41.5 Å². The Morgan fingerprint density at radius 2 is 1.54 bits per heavy atom. The molecule has 0 atom stereocenters. The van der Waals surface area contributed by atoms with Crippen molar-refractivity contribution in [2.45, 2.75) is 38.5 Å². The molecule has 138 valence electrons. The van der Waals surface area contributed by atoms with Crippen LogP contribution in [0.4, 0.5) is 0 Å². The summed E-state index contributed by atoms with van der Waals surface area (Å²) in [5.74, 6) is 0.473. The highest BCUT2D eigenvalue weighted by molar-refractivity contribution is 5.98. The fraction of sp³-hybridized carbons (Fsp3) is 0.435. The second-order valence-corrected chi connectivity index (χ2v) is 7.46. The van der Waals surface area contributed by atoms with Gasteiger partial charge in [-0.15, -0.1) is 0 Å². The third-order valence-corrected chi connectivity index (χ3v) is 5.18. The molecule has 2 aromatic carbocycles. The van der Waals surface area contributed by atoms with Gasteiger partial charge in [-0.25, -0.2) is 0 Å². The lowest BCUT2D eigenvalue weighted by Crippen LogP contribution is -2.41. The van der Waals surface area contributed by atoms with E-state index in [1.54, 1.807) is 7.11 Å². The van der Waals surface area contributed by atoms with Crippen LogP contribution in [-0.2, 0) is 19.7 Å². The quantitative estimate of drug-likeness (QED) is 0.497. The van der Waals surface area contributed by atoms with Crippen LogP contribution in [0.2, 0.25) is 0 Å².